The average Bonchev–Trinajstić information content (AvgIpc) is 2.49. The maximum Gasteiger partial charge on any atom is 0.254 e. The van der Waals surface area contributed by atoms with Crippen molar-refractivity contribution < 1.29 is 9.90 Å². The highest BCUT2D eigenvalue weighted by Crippen LogP contribution is 2.14. The third-order valence-electron chi connectivity index (χ3n) is 3.59. The van der Waals surface area contributed by atoms with Crippen LogP contribution in [-0.4, -0.2) is 60.1 Å². The Morgan fingerprint density at radius 1 is 1.25 bits per heavy atom. The summed E-state index contributed by atoms with van der Waals surface area (Å²) < 4.78 is 0. The van der Waals surface area contributed by atoms with E-state index in [1.54, 1.807) is 6.07 Å². The van der Waals surface area contributed by atoms with Gasteiger partial charge < -0.3 is 10.0 Å². The van der Waals surface area contributed by atoms with Crippen molar-refractivity contribution >= 4 is 5.91 Å². The van der Waals surface area contributed by atoms with E-state index in [0.29, 0.717) is 25.2 Å². The molecular formula is C15H19N3O2. The first kappa shape index (κ1) is 14.5. The number of hydrogen-bond donors (Lipinski definition) is 1. The zero-order chi connectivity index (χ0) is 14.4. The summed E-state index contributed by atoms with van der Waals surface area (Å²) >= 11 is 0. The van der Waals surface area contributed by atoms with Gasteiger partial charge in [0.05, 0.1) is 19.1 Å². The molecule has 106 valence electrons. The number of hydrogen-bond acceptors (Lipinski definition) is 4. The Bertz CT molecular complexity index is 502. The molecule has 0 bridgehead atoms. The average molecular weight is 273 g/mol. The fourth-order valence-electron chi connectivity index (χ4n) is 2.45. The minimum Gasteiger partial charge on any atom is -0.395 e. The largest absolute Gasteiger partial charge is 0.395 e. The van der Waals surface area contributed by atoms with Gasteiger partial charge in [-0.1, -0.05) is 18.2 Å². The van der Waals surface area contributed by atoms with E-state index in [9.17, 15) is 4.79 Å². The van der Waals surface area contributed by atoms with E-state index < -0.39 is 0 Å². The van der Waals surface area contributed by atoms with Gasteiger partial charge >= 0.3 is 0 Å². The fourth-order valence-corrected chi connectivity index (χ4v) is 2.45. The predicted molar refractivity (Wildman–Crippen MR) is 75.2 cm³/mol. The number of carbonyl (C=O) groups is 1. The van der Waals surface area contributed by atoms with E-state index >= 15 is 0 Å². The molecule has 1 N–H and O–H groups in total. The maximum atomic E-state index is 12.5. The Labute approximate surface area is 119 Å². The highest BCUT2D eigenvalue weighted by molar-refractivity contribution is 5.95. The molecule has 0 aromatic heterocycles. The van der Waals surface area contributed by atoms with Crippen molar-refractivity contribution in [2.45, 2.75) is 6.42 Å². The molecule has 5 heteroatoms. The van der Waals surface area contributed by atoms with Gasteiger partial charge in [0.1, 0.15) is 0 Å². The van der Waals surface area contributed by atoms with Crippen LogP contribution in [0.4, 0.5) is 0 Å². The summed E-state index contributed by atoms with van der Waals surface area (Å²) in [5, 5.41) is 17.7. The monoisotopic (exact) mass is 273 g/mol. The van der Waals surface area contributed by atoms with Crippen molar-refractivity contribution in [2.75, 3.05) is 39.3 Å². The Hall–Kier alpha value is -1.90. The summed E-state index contributed by atoms with van der Waals surface area (Å²) in [7, 11) is 0. The van der Waals surface area contributed by atoms with Gasteiger partial charge in [0, 0.05) is 38.3 Å². The molecule has 1 fully saturated rings. The lowest BCUT2D eigenvalue weighted by Crippen LogP contribution is -2.49. The molecule has 20 heavy (non-hydrogen) atoms. The van der Waals surface area contributed by atoms with Crippen LogP contribution < -0.4 is 0 Å². The summed E-state index contributed by atoms with van der Waals surface area (Å²) in [6.45, 7) is 3.71. The second-order valence-corrected chi connectivity index (χ2v) is 4.85. The number of rotatable bonds is 4. The Morgan fingerprint density at radius 2 is 1.95 bits per heavy atom. The van der Waals surface area contributed by atoms with Crippen molar-refractivity contribution in [1.29, 1.82) is 5.26 Å². The Kier molecular flexibility index (Phi) is 5.10. The van der Waals surface area contributed by atoms with Gasteiger partial charge in [0.25, 0.3) is 5.91 Å². The van der Waals surface area contributed by atoms with Gasteiger partial charge in [-0.3, -0.25) is 9.69 Å². The predicted octanol–water partition coefficient (Wildman–Crippen LogP) is 0.503. The number of carbonyl (C=O) groups excluding carboxylic acids is 1. The van der Waals surface area contributed by atoms with E-state index in [2.05, 4.69) is 11.0 Å². The van der Waals surface area contributed by atoms with Crippen molar-refractivity contribution in [3.05, 3.63) is 35.4 Å². The van der Waals surface area contributed by atoms with Crippen molar-refractivity contribution in [3.8, 4) is 6.07 Å². The number of benzene rings is 1. The first-order valence-electron chi connectivity index (χ1n) is 6.83. The third kappa shape index (κ3) is 3.35. The van der Waals surface area contributed by atoms with Crippen LogP contribution in [0.1, 0.15) is 15.9 Å². The Balaban J connectivity index is 2.04. The number of aliphatic hydroxyl groups is 1. The molecule has 0 atom stereocenters. The van der Waals surface area contributed by atoms with Gasteiger partial charge in [-0.2, -0.15) is 5.26 Å². The highest BCUT2D eigenvalue weighted by Gasteiger charge is 2.23. The minimum atomic E-state index is -0.000464. The third-order valence-corrected chi connectivity index (χ3v) is 3.59. The summed E-state index contributed by atoms with van der Waals surface area (Å²) in [6.07, 6.45) is 0.256. The molecule has 1 amide bonds. The number of nitriles is 1. The van der Waals surface area contributed by atoms with Crippen LogP contribution in [0, 0.1) is 11.3 Å². The topological polar surface area (TPSA) is 67.6 Å². The molecule has 1 aromatic carbocycles. The maximum absolute atomic E-state index is 12.5. The molecule has 0 unspecified atom stereocenters. The minimum absolute atomic E-state index is 0.000464. The van der Waals surface area contributed by atoms with Gasteiger partial charge in [-0.25, -0.2) is 0 Å². The van der Waals surface area contributed by atoms with Crippen molar-refractivity contribution in [2.24, 2.45) is 0 Å². The fraction of sp³-hybridized carbons (Fsp3) is 0.467. The first-order chi connectivity index (χ1) is 9.76. The van der Waals surface area contributed by atoms with E-state index in [-0.39, 0.29) is 18.9 Å². The number of piperazine rings is 1. The van der Waals surface area contributed by atoms with Crippen LogP contribution in [0.15, 0.2) is 24.3 Å². The molecule has 0 saturated carbocycles. The van der Waals surface area contributed by atoms with E-state index in [1.165, 1.54) is 0 Å². The van der Waals surface area contributed by atoms with E-state index in [4.69, 9.17) is 10.4 Å². The zero-order valence-corrected chi connectivity index (χ0v) is 11.5. The molecule has 1 aromatic rings. The van der Waals surface area contributed by atoms with Gasteiger partial charge in [0.2, 0.25) is 0 Å². The number of aliphatic hydroxyl groups excluding tert-OH is 1. The zero-order valence-electron chi connectivity index (χ0n) is 11.5. The molecular weight excluding hydrogens is 254 g/mol. The molecule has 1 aliphatic heterocycles. The highest BCUT2D eigenvalue weighted by atomic mass is 16.3. The second-order valence-electron chi connectivity index (χ2n) is 4.85. The van der Waals surface area contributed by atoms with Crippen LogP contribution in [0.3, 0.4) is 0 Å². The van der Waals surface area contributed by atoms with Crippen LogP contribution >= 0.6 is 0 Å². The standard InChI is InChI=1S/C15H19N3O2/c16-6-5-13-3-1-2-4-14(13)15(20)18-9-7-17(8-10-18)11-12-19/h1-4,19H,5,7-12H2. The SMILES string of the molecule is N#CCc1ccccc1C(=O)N1CCN(CCO)CC1. The van der Waals surface area contributed by atoms with Crippen LogP contribution in [-0.2, 0) is 6.42 Å². The van der Waals surface area contributed by atoms with Gasteiger partial charge in [-0.05, 0) is 11.6 Å². The quantitative estimate of drug-likeness (QED) is 0.867. The molecule has 0 aliphatic carbocycles. The lowest BCUT2D eigenvalue weighted by molar-refractivity contribution is 0.0614. The van der Waals surface area contributed by atoms with Crippen LogP contribution in [0.2, 0.25) is 0 Å². The normalized spacial score (nSPS) is 15.9. The van der Waals surface area contributed by atoms with Gasteiger partial charge in [-0.15, -0.1) is 0 Å². The van der Waals surface area contributed by atoms with Crippen molar-refractivity contribution in [1.82, 2.24) is 9.80 Å². The summed E-state index contributed by atoms with van der Waals surface area (Å²) in [4.78, 5) is 16.5. The molecule has 1 aliphatic rings. The summed E-state index contributed by atoms with van der Waals surface area (Å²) in [5.41, 5.74) is 1.42. The summed E-state index contributed by atoms with van der Waals surface area (Å²) in [6, 6.07) is 9.40. The van der Waals surface area contributed by atoms with Crippen LogP contribution in [0.25, 0.3) is 0 Å². The lowest BCUT2D eigenvalue weighted by Gasteiger charge is -2.34. The van der Waals surface area contributed by atoms with E-state index in [1.807, 2.05) is 23.1 Å². The molecule has 5 nitrogen and oxygen atoms in total. The molecule has 2 rings (SSSR count). The second kappa shape index (κ2) is 7.04. The Morgan fingerprint density at radius 3 is 2.60 bits per heavy atom. The summed E-state index contributed by atoms with van der Waals surface area (Å²) in [5.74, 6) is -0.000464. The first-order valence-corrected chi connectivity index (χ1v) is 6.83. The van der Waals surface area contributed by atoms with E-state index in [0.717, 1.165) is 18.7 Å². The van der Waals surface area contributed by atoms with Crippen molar-refractivity contribution in [3.63, 3.8) is 0 Å². The van der Waals surface area contributed by atoms with Gasteiger partial charge in [0.15, 0.2) is 0 Å². The smallest absolute Gasteiger partial charge is 0.254 e. The molecule has 1 heterocycles. The number of β-amino-alcohol motifs (C(OH)–C–C–N with tert-alkyl or cyclic N) is 1. The molecule has 0 spiro atoms. The lowest BCUT2D eigenvalue weighted by atomic mass is 10.0. The van der Waals surface area contributed by atoms with Crippen LogP contribution in [0.5, 0.6) is 0 Å². The number of amides is 1. The number of nitrogens with zero attached hydrogens (tertiary/aromatic N) is 3. The molecule has 0 radical (unpaired) electrons. The molecule has 1 saturated heterocycles.